The van der Waals surface area contributed by atoms with E-state index in [9.17, 15) is 4.79 Å². The van der Waals surface area contributed by atoms with Gasteiger partial charge in [0.15, 0.2) is 0 Å². The molecule has 0 N–H and O–H groups in total. The molecule has 0 aliphatic carbocycles. The van der Waals surface area contributed by atoms with Gasteiger partial charge in [0.1, 0.15) is 0 Å². The third-order valence-electron chi connectivity index (χ3n) is 2.21. The van der Waals surface area contributed by atoms with E-state index in [0.717, 1.165) is 12.3 Å². The van der Waals surface area contributed by atoms with Gasteiger partial charge in [-0.25, -0.2) is 0 Å². The first-order chi connectivity index (χ1) is 6.75. The highest BCUT2D eigenvalue weighted by molar-refractivity contribution is 7.55. The molecular weight excluding hydrogens is 205 g/mol. The van der Waals surface area contributed by atoms with Crippen molar-refractivity contribution in [2.24, 2.45) is 0 Å². The van der Waals surface area contributed by atoms with Crippen LogP contribution in [0.1, 0.15) is 41.5 Å². The molecule has 0 spiro atoms. The average Bonchev–Trinajstić information content (AvgIpc) is 2.10. The highest BCUT2D eigenvalue weighted by atomic mass is 31.1. The molecule has 0 aromatic rings. The molecule has 88 valence electrons. The van der Waals surface area contributed by atoms with Crippen molar-refractivity contribution in [1.29, 1.82) is 0 Å². The van der Waals surface area contributed by atoms with Crippen molar-refractivity contribution in [2.45, 2.75) is 47.1 Å². The average molecular weight is 229 g/mol. The van der Waals surface area contributed by atoms with Gasteiger partial charge in [-0.1, -0.05) is 20.4 Å². The maximum atomic E-state index is 12.1. The third-order valence-corrected chi connectivity index (χ3v) is 5.01. The lowest BCUT2D eigenvalue weighted by Crippen LogP contribution is -2.42. The molecule has 2 nitrogen and oxygen atoms in total. The summed E-state index contributed by atoms with van der Waals surface area (Å²) in [5, 5.41) is 0. The van der Waals surface area contributed by atoms with Crippen LogP contribution in [-0.2, 0) is 4.79 Å². The molecule has 0 radical (unpaired) electrons. The smallest absolute Gasteiger partial charge is 0.252 e. The zero-order chi connectivity index (χ0) is 12.2. The molecule has 0 aliphatic heterocycles. The number of nitrogens with zero attached hydrogens (tertiary/aromatic N) is 1. The van der Waals surface area contributed by atoms with E-state index >= 15 is 0 Å². The molecule has 0 aromatic carbocycles. The van der Waals surface area contributed by atoms with Crippen molar-refractivity contribution in [3.63, 3.8) is 0 Å². The Morgan fingerprint density at radius 1 is 1.27 bits per heavy atom. The summed E-state index contributed by atoms with van der Waals surface area (Å²) in [5.41, 5.74) is 0.535. The molecule has 1 amide bonds. The molecule has 0 fully saturated rings. The van der Waals surface area contributed by atoms with Crippen LogP contribution in [0, 0.1) is 0 Å². The van der Waals surface area contributed by atoms with Gasteiger partial charge in [0.05, 0.1) is 0 Å². The Bertz CT molecular complexity index is 238. The Morgan fingerprint density at radius 2 is 1.67 bits per heavy atom. The minimum Gasteiger partial charge on any atom is -0.313 e. The van der Waals surface area contributed by atoms with Crippen molar-refractivity contribution >= 4 is 14.0 Å². The molecule has 15 heavy (non-hydrogen) atoms. The second-order valence-corrected chi connectivity index (χ2v) is 7.38. The van der Waals surface area contributed by atoms with Crippen LogP contribution in [0.15, 0.2) is 12.2 Å². The Balaban J connectivity index is 5.05. The van der Waals surface area contributed by atoms with E-state index < -0.39 is 0 Å². The lowest BCUT2D eigenvalue weighted by Gasteiger charge is -2.41. The minimum atomic E-state index is -0.357. The van der Waals surface area contributed by atoms with Crippen LogP contribution in [0.4, 0.5) is 0 Å². The van der Waals surface area contributed by atoms with Crippen molar-refractivity contribution in [3.8, 4) is 0 Å². The van der Waals surface area contributed by atoms with Gasteiger partial charge in [0.25, 0.3) is 5.91 Å². The van der Waals surface area contributed by atoms with E-state index in [1.165, 1.54) is 0 Å². The van der Waals surface area contributed by atoms with Gasteiger partial charge in [0, 0.05) is 11.1 Å². The summed E-state index contributed by atoms with van der Waals surface area (Å²) in [6, 6.07) is 0. The Labute approximate surface area is 95.5 Å². The maximum absolute atomic E-state index is 12.1. The number of carbonyl (C=O) groups is 1. The first-order valence-corrected chi connectivity index (χ1v) is 7.17. The van der Waals surface area contributed by atoms with Crippen molar-refractivity contribution in [2.75, 3.05) is 12.3 Å². The van der Waals surface area contributed by atoms with Gasteiger partial charge in [-0.05, 0) is 48.1 Å². The fourth-order valence-corrected chi connectivity index (χ4v) is 3.83. The molecule has 3 heteroatoms. The van der Waals surface area contributed by atoms with Crippen molar-refractivity contribution in [3.05, 3.63) is 12.2 Å². The molecule has 0 atom stereocenters. The summed E-state index contributed by atoms with van der Waals surface area (Å²) in [6.45, 7) is 16.1. The first kappa shape index (κ1) is 14.6. The molecule has 0 unspecified atom stereocenters. The lowest BCUT2D eigenvalue weighted by atomic mass is 10.1. The van der Waals surface area contributed by atoms with Gasteiger partial charge in [0.2, 0.25) is 0 Å². The number of hydrogen-bond acceptors (Lipinski definition) is 1. The maximum Gasteiger partial charge on any atom is 0.252 e. The van der Waals surface area contributed by atoms with Gasteiger partial charge in [-0.3, -0.25) is 4.79 Å². The van der Waals surface area contributed by atoms with Crippen LogP contribution in [0.25, 0.3) is 0 Å². The molecule has 0 saturated heterocycles. The van der Waals surface area contributed by atoms with Crippen LogP contribution in [0.3, 0.4) is 0 Å². The Morgan fingerprint density at radius 3 is 1.87 bits per heavy atom. The van der Waals surface area contributed by atoms with E-state index in [1.54, 1.807) is 6.92 Å². The summed E-state index contributed by atoms with van der Waals surface area (Å²) in [4.78, 5) is 12.1. The van der Waals surface area contributed by atoms with Gasteiger partial charge < -0.3 is 4.67 Å². The van der Waals surface area contributed by atoms with Crippen LogP contribution >= 0.6 is 8.07 Å². The molecule has 0 bridgehead atoms. The van der Waals surface area contributed by atoms with Crippen molar-refractivity contribution < 1.29 is 4.79 Å². The highest BCUT2D eigenvalue weighted by Gasteiger charge is 2.31. The van der Waals surface area contributed by atoms with Crippen LogP contribution in [-0.4, -0.2) is 28.4 Å². The van der Waals surface area contributed by atoms with Crippen LogP contribution < -0.4 is 0 Å². The highest BCUT2D eigenvalue weighted by Crippen LogP contribution is 2.45. The predicted molar refractivity (Wildman–Crippen MR) is 69.4 cm³/mol. The van der Waals surface area contributed by atoms with Crippen LogP contribution in [0.5, 0.6) is 0 Å². The fourth-order valence-electron chi connectivity index (χ4n) is 1.54. The van der Waals surface area contributed by atoms with Gasteiger partial charge in [-0.2, -0.15) is 0 Å². The standard InChI is InChI=1S/C12H24NOP/c1-8-15(9-2)13(12(5,6)7)11(14)10(3)4/h3,8-9H2,1-2,4-7H3. The second-order valence-electron chi connectivity index (χ2n) is 4.71. The number of carbonyl (C=O) groups excluding carboxylic acids is 1. The Hall–Kier alpha value is -0.360. The fraction of sp³-hybridized carbons (Fsp3) is 0.750. The summed E-state index contributed by atoms with van der Waals surface area (Å²) in [6.07, 6.45) is 2.12. The van der Waals surface area contributed by atoms with Crippen molar-refractivity contribution in [1.82, 2.24) is 4.67 Å². The van der Waals surface area contributed by atoms with E-state index in [4.69, 9.17) is 0 Å². The van der Waals surface area contributed by atoms with E-state index in [2.05, 4.69) is 41.2 Å². The molecular formula is C12H24NOP. The number of hydrogen-bond donors (Lipinski definition) is 0. The summed E-state index contributed by atoms with van der Waals surface area (Å²) < 4.78 is 2.03. The van der Waals surface area contributed by atoms with E-state index in [0.29, 0.717) is 5.57 Å². The second kappa shape index (κ2) is 5.65. The van der Waals surface area contributed by atoms with Gasteiger partial charge >= 0.3 is 0 Å². The lowest BCUT2D eigenvalue weighted by molar-refractivity contribution is -0.125. The molecule has 0 aliphatic rings. The minimum absolute atomic E-state index is 0.103. The monoisotopic (exact) mass is 229 g/mol. The largest absolute Gasteiger partial charge is 0.313 e. The molecule has 0 rings (SSSR count). The van der Waals surface area contributed by atoms with E-state index in [1.807, 2.05) is 4.67 Å². The zero-order valence-corrected chi connectivity index (χ0v) is 11.8. The summed E-state index contributed by atoms with van der Waals surface area (Å²) in [5.74, 6) is 0.109. The number of amides is 1. The predicted octanol–water partition coefficient (Wildman–Crippen LogP) is 3.63. The van der Waals surface area contributed by atoms with Crippen LogP contribution in [0.2, 0.25) is 0 Å². The quantitative estimate of drug-likeness (QED) is 0.532. The molecule has 0 heterocycles. The summed E-state index contributed by atoms with van der Waals surface area (Å²) in [7, 11) is -0.357. The number of rotatable bonds is 4. The summed E-state index contributed by atoms with van der Waals surface area (Å²) >= 11 is 0. The third kappa shape index (κ3) is 3.95. The first-order valence-electron chi connectivity index (χ1n) is 5.50. The normalized spacial score (nSPS) is 11.7. The Kier molecular flexibility index (Phi) is 5.51. The van der Waals surface area contributed by atoms with Gasteiger partial charge in [-0.15, -0.1) is 0 Å². The molecule has 0 aromatic heterocycles. The topological polar surface area (TPSA) is 20.3 Å². The SMILES string of the molecule is C=C(C)C(=O)N(P(CC)CC)C(C)(C)C. The molecule has 0 saturated carbocycles. The zero-order valence-electron chi connectivity index (χ0n) is 10.9. The van der Waals surface area contributed by atoms with E-state index in [-0.39, 0.29) is 19.5 Å².